The molecule has 1 atom stereocenters. The lowest BCUT2D eigenvalue weighted by Crippen LogP contribution is -2.13. The normalized spacial score (nSPS) is 19.2. The fraction of sp³-hybridized carbons (Fsp3) is 0.250. The molecule has 4 heteroatoms. The van der Waals surface area contributed by atoms with Gasteiger partial charge in [-0.05, 0) is 49.4 Å². The molecule has 2 aromatic carbocycles. The summed E-state index contributed by atoms with van der Waals surface area (Å²) in [6.45, 7) is 2.17. The van der Waals surface area contributed by atoms with Crippen molar-refractivity contribution in [1.29, 1.82) is 0 Å². The standard InChI is InChI=1S/C16H14Br2N2/c17-10-1-3-15-13(7-10)14-8-11(18)2-4-16(14)20(15)12-5-6-19-9-12/h1-4,7-8,12,19H,5-6,9H2/t12-/m1/s1. The molecule has 102 valence electrons. The van der Waals surface area contributed by atoms with E-state index in [2.05, 4.69) is 78.1 Å². The minimum Gasteiger partial charge on any atom is -0.336 e. The minimum atomic E-state index is 0.553. The number of aromatic nitrogens is 1. The van der Waals surface area contributed by atoms with E-state index in [0.29, 0.717) is 6.04 Å². The van der Waals surface area contributed by atoms with Gasteiger partial charge in [-0.2, -0.15) is 0 Å². The van der Waals surface area contributed by atoms with Gasteiger partial charge in [0.1, 0.15) is 0 Å². The molecule has 2 nitrogen and oxygen atoms in total. The first kappa shape index (κ1) is 12.9. The summed E-state index contributed by atoms with van der Waals surface area (Å²) in [6, 6.07) is 13.7. The molecule has 0 saturated carbocycles. The van der Waals surface area contributed by atoms with E-state index in [9.17, 15) is 0 Å². The molecule has 0 bridgehead atoms. The fourth-order valence-electron chi connectivity index (χ4n) is 3.25. The zero-order chi connectivity index (χ0) is 13.7. The maximum absolute atomic E-state index is 3.60. The van der Waals surface area contributed by atoms with Gasteiger partial charge >= 0.3 is 0 Å². The summed E-state index contributed by atoms with van der Waals surface area (Å²) in [5, 5.41) is 6.12. The molecule has 0 amide bonds. The van der Waals surface area contributed by atoms with E-state index in [4.69, 9.17) is 0 Å². The quantitative estimate of drug-likeness (QED) is 0.625. The van der Waals surface area contributed by atoms with Gasteiger partial charge in [-0.15, -0.1) is 0 Å². The smallest absolute Gasteiger partial charge is 0.0495 e. The number of hydrogen-bond acceptors (Lipinski definition) is 1. The Balaban J connectivity index is 2.12. The van der Waals surface area contributed by atoms with Gasteiger partial charge in [-0.25, -0.2) is 0 Å². The van der Waals surface area contributed by atoms with Crippen LogP contribution in [0.25, 0.3) is 21.8 Å². The number of fused-ring (bicyclic) bond motifs is 3. The van der Waals surface area contributed by atoms with Crippen molar-refractivity contribution in [1.82, 2.24) is 9.88 Å². The van der Waals surface area contributed by atoms with E-state index in [0.717, 1.165) is 22.0 Å². The van der Waals surface area contributed by atoms with Crippen molar-refractivity contribution < 1.29 is 0 Å². The Hall–Kier alpha value is -0.840. The van der Waals surface area contributed by atoms with Crippen molar-refractivity contribution in [2.45, 2.75) is 12.5 Å². The van der Waals surface area contributed by atoms with Gasteiger partial charge < -0.3 is 9.88 Å². The van der Waals surface area contributed by atoms with Crippen LogP contribution in [0.15, 0.2) is 45.3 Å². The molecule has 0 unspecified atom stereocenters. The second-order valence-corrected chi connectivity index (χ2v) is 7.17. The molecule has 1 fully saturated rings. The first-order chi connectivity index (χ1) is 9.74. The van der Waals surface area contributed by atoms with Gasteiger partial charge in [-0.1, -0.05) is 31.9 Å². The molecule has 2 heterocycles. The first-order valence-corrected chi connectivity index (χ1v) is 8.42. The van der Waals surface area contributed by atoms with Gasteiger partial charge in [-0.3, -0.25) is 0 Å². The summed E-state index contributed by atoms with van der Waals surface area (Å²) >= 11 is 7.19. The minimum absolute atomic E-state index is 0.553. The van der Waals surface area contributed by atoms with Crippen molar-refractivity contribution in [2.24, 2.45) is 0 Å². The fourth-order valence-corrected chi connectivity index (χ4v) is 3.97. The van der Waals surface area contributed by atoms with Gasteiger partial charge in [0.25, 0.3) is 0 Å². The number of halogens is 2. The third kappa shape index (κ3) is 1.93. The lowest BCUT2D eigenvalue weighted by Gasteiger charge is -2.14. The summed E-state index contributed by atoms with van der Waals surface area (Å²) < 4.78 is 4.77. The molecule has 0 aliphatic carbocycles. The van der Waals surface area contributed by atoms with Gasteiger partial charge in [0.15, 0.2) is 0 Å². The van der Waals surface area contributed by atoms with Crippen LogP contribution in [-0.4, -0.2) is 17.7 Å². The molecule has 1 aliphatic rings. The second-order valence-electron chi connectivity index (χ2n) is 5.34. The molecule has 1 aromatic heterocycles. The molecule has 0 radical (unpaired) electrons. The van der Waals surface area contributed by atoms with Crippen LogP contribution in [0.2, 0.25) is 0 Å². The van der Waals surface area contributed by atoms with E-state index in [-0.39, 0.29) is 0 Å². The Morgan fingerprint density at radius 3 is 2.05 bits per heavy atom. The predicted molar refractivity (Wildman–Crippen MR) is 91.4 cm³/mol. The van der Waals surface area contributed by atoms with Crippen LogP contribution in [0, 0.1) is 0 Å². The van der Waals surface area contributed by atoms with Gasteiger partial charge in [0.2, 0.25) is 0 Å². The summed E-state index contributed by atoms with van der Waals surface area (Å²) in [5.74, 6) is 0. The van der Waals surface area contributed by atoms with E-state index < -0.39 is 0 Å². The molecule has 1 aliphatic heterocycles. The van der Waals surface area contributed by atoms with Crippen LogP contribution >= 0.6 is 31.9 Å². The third-order valence-electron chi connectivity index (χ3n) is 4.13. The maximum atomic E-state index is 3.60. The monoisotopic (exact) mass is 392 g/mol. The number of nitrogens with one attached hydrogen (secondary N) is 1. The second kappa shape index (κ2) is 4.86. The van der Waals surface area contributed by atoms with Crippen molar-refractivity contribution in [3.05, 3.63) is 45.3 Å². The van der Waals surface area contributed by atoms with E-state index in [1.165, 1.54) is 28.2 Å². The zero-order valence-corrected chi connectivity index (χ0v) is 14.0. The molecule has 1 saturated heterocycles. The Morgan fingerprint density at radius 1 is 0.950 bits per heavy atom. The molecular weight excluding hydrogens is 380 g/mol. The largest absolute Gasteiger partial charge is 0.336 e. The summed E-state index contributed by atoms with van der Waals surface area (Å²) in [6.07, 6.45) is 1.20. The van der Waals surface area contributed by atoms with E-state index >= 15 is 0 Å². The van der Waals surface area contributed by atoms with E-state index in [1.54, 1.807) is 0 Å². The average molecular weight is 394 g/mol. The molecule has 0 spiro atoms. The van der Waals surface area contributed by atoms with Crippen molar-refractivity contribution in [3.63, 3.8) is 0 Å². The Kier molecular flexibility index (Phi) is 3.13. The van der Waals surface area contributed by atoms with Crippen LogP contribution < -0.4 is 5.32 Å². The Bertz CT molecular complexity index is 742. The van der Waals surface area contributed by atoms with Crippen LogP contribution in [0.4, 0.5) is 0 Å². The highest BCUT2D eigenvalue weighted by atomic mass is 79.9. The number of nitrogens with zero attached hydrogens (tertiary/aromatic N) is 1. The van der Waals surface area contributed by atoms with Gasteiger partial charge in [0.05, 0.1) is 0 Å². The summed E-state index contributed by atoms with van der Waals surface area (Å²) in [5.41, 5.74) is 2.66. The molecular formula is C16H14Br2N2. The highest BCUT2D eigenvalue weighted by Gasteiger charge is 2.21. The van der Waals surface area contributed by atoms with Crippen LogP contribution in [0.3, 0.4) is 0 Å². The maximum Gasteiger partial charge on any atom is 0.0495 e. The van der Waals surface area contributed by atoms with Crippen molar-refractivity contribution >= 4 is 53.7 Å². The SMILES string of the molecule is Brc1ccc2c(c1)c1cc(Br)ccc1n2[C@@H]1CCNC1. The topological polar surface area (TPSA) is 17.0 Å². The number of rotatable bonds is 1. The van der Waals surface area contributed by atoms with Crippen LogP contribution in [-0.2, 0) is 0 Å². The molecule has 1 N–H and O–H groups in total. The van der Waals surface area contributed by atoms with E-state index in [1.807, 2.05) is 0 Å². The van der Waals surface area contributed by atoms with Crippen LogP contribution in [0.5, 0.6) is 0 Å². The lowest BCUT2D eigenvalue weighted by atomic mass is 10.2. The Labute approximate surface area is 134 Å². The van der Waals surface area contributed by atoms with Crippen LogP contribution in [0.1, 0.15) is 12.5 Å². The summed E-state index contributed by atoms with van der Waals surface area (Å²) in [4.78, 5) is 0. The molecule has 20 heavy (non-hydrogen) atoms. The molecule has 4 rings (SSSR count). The number of benzene rings is 2. The predicted octanol–water partition coefficient (Wildman–Crippen LogP) is 4.85. The highest BCUT2D eigenvalue weighted by Crippen LogP contribution is 2.36. The van der Waals surface area contributed by atoms with Gasteiger partial charge in [0, 0.05) is 43.3 Å². The third-order valence-corrected chi connectivity index (χ3v) is 5.11. The lowest BCUT2D eigenvalue weighted by molar-refractivity contribution is 0.581. The highest BCUT2D eigenvalue weighted by molar-refractivity contribution is 9.10. The van der Waals surface area contributed by atoms with Crippen molar-refractivity contribution in [3.8, 4) is 0 Å². The summed E-state index contributed by atoms with van der Waals surface area (Å²) in [7, 11) is 0. The number of hydrogen-bond donors (Lipinski definition) is 1. The first-order valence-electron chi connectivity index (χ1n) is 6.83. The Morgan fingerprint density at radius 2 is 1.55 bits per heavy atom. The molecule has 3 aromatic rings. The zero-order valence-electron chi connectivity index (χ0n) is 10.9. The average Bonchev–Trinajstić information content (AvgIpc) is 3.04. The van der Waals surface area contributed by atoms with Crippen molar-refractivity contribution in [2.75, 3.05) is 13.1 Å².